The maximum Gasteiger partial charge on any atom is 0.161 e. The third-order valence-corrected chi connectivity index (χ3v) is 5.54. The third-order valence-electron chi connectivity index (χ3n) is 3.03. The molecule has 21 heavy (non-hydrogen) atoms. The molecule has 0 bridgehead atoms. The summed E-state index contributed by atoms with van der Waals surface area (Å²) >= 11 is 19.6. The van der Waals surface area contributed by atoms with Crippen LogP contribution in [0.2, 0.25) is 10.0 Å². The minimum absolute atomic E-state index is 0.127. The van der Waals surface area contributed by atoms with Gasteiger partial charge >= 0.3 is 0 Å². The molecule has 2 aromatic carbocycles. The molecule has 0 saturated carbocycles. The molecule has 0 spiro atoms. The summed E-state index contributed by atoms with van der Waals surface area (Å²) in [7, 11) is 3.20. The van der Waals surface area contributed by atoms with E-state index in [1.165, 1.54) is 0 Å². The van der Waals surface area contributed by atoms with Crippen LogP contribution in [0, 0.1) is 0 Å². The normalized spacial score (nSPS) is 12.1. The first-order valence-corrected chi connectivity index (χ1v) is 8.45. The van der Waals surface area contributed by atoms with Crippen molar-refractivity contribution in [2.24, 2.45) is 0 Å². The molecule has 0 aromatic heterocycles. The summed E-state index contributed by atoms with van der Waals surface area (Å²) < 4.78 is 11.5. The van der Waals surface area contributed by atoms with Gasteiger partial charge in [-0.15, -0.1) is 0 Å². The molecule has 0 fully saturated rings. The summed E-state index contributed by atoms with van der Waals surface area (Å²) in [5.74, 6) is 1.31. The first-order chi connectivity index (χ1) is 9.99. The highest BCUT2D eigenvalue weighted by Crippen LogP contribution is 2.44. The average molecular weight is 455 g/mol. The molecule has 0 N–H and O–H groups in total. The van der Waals surface area contributed by atoms with Crippen LogP contribution in [0.1, 0.15) is 16.0 Å². The van der Waals surface area contributed by atoms with Gasteiger partial charge in [0.1, 0.15) is 0 Å². The zero-order valence-corrected chi connectivity index (χ0v) is 16.0. The zero-order valence-electron chi connectivity index (χ0n) is 11.3. The second-order valence-electron chi connectivity index (χ2n) is 4.23. The molecule has 0 aliphatic heterocycles. The Hall–Kier alpha value is -0.420. The fourth-order valence-electron chi connectivity index (χ4n) is 1.95. The molecular weight excluding hydrogens is 443 g/mol. The zero-order chi connectivity index (χ0) is 15.6. The van der Waals surface area contributed by atoms with Crippen LogP contribution in [0.15, 0.2) is 34.8 Å². The Balaban J connectivity index is 2.53. The lowest BCUT2D eigenvalue weighted by Gasteiger charge is -2.17. The standard InChI is InChI=1S/C15H12Br2Cl2O2/c1-20-12-6-9(10(16)7-13(12)21-2)14(17)8-4-3-5-11(18)15(8)19/h3-7,14H,1-2H3. The van der Waals surface area contributed by atoms with Gasteiger partial charge in [-0.05, 0) is 29.3 Å². The Bertz CT molecular complexity index is 662. The maximum atomic E-state index is 6.29. The van der Waals surface area contributed by atoms with Crippen molar-refractivity contribution in [2.75, 3.05) is 14.2 Å². The van der Waals surface area contributed by atoms with E-state index in [0.717, 1.165) is 15.6 Å². The second kappa shape index (κ2) is 7.23. The van der Waals surface area contributed by atoms with Crippen LogP contribution in [0.3, 0.4) is 0 Å². The number of alkyl halides is 1. The summed E-state index contributed by atoms with van der Waals surface area (Å²) in [4.78, 5) is -0.127. The molecule has 1 atom stereocenters. The van der Waals surface area contributed by atoms with E-state index in [1.54, 1.807) is 20.3 Å². The van der Waals surface area contributed by atoms with E-state index >= 15 is 0 Å². The number of benzene rings is 2. The summed E-state index contributed by atoms with van der Waals surface area (Å²) in [6.07, 6.45) is 0. The monoisotopic (exact) mass is 452 g/mol. The number of hydrogen-bond donors (Lipinski definition) is 0. The van der Waals surface area contributed by atoms with E-state index in [2.05, 4.69) is 31.9 Å². The van der Waals surface area contributed by atoms with Crippen molar-refractivity contribution in [3.8, 4) is 11.5 Å². The highest BCUT2D eigenvalue weighted by atomic mass is 79.9. The Kier molecular flexibility index (Phi) is 5.83. The van der Waals surface area contributed by atoms with Crippen molar-refractivity contribution in [3.63, 3.8) is 0 Å². The van der Waals surface area contributed by atoms with Crippen molar-refractivity contribution in [1.82, 2.24) is 0 Å². The van der Waals surface area contributed by atoms with Crippen molar-refractivity contribution >= 4 is 55.1 Å². The predicted molar refractivity (Wildman–Crippen MR) is 94.5 cm³/mol. The fourth-order valence-corrected chi connectivity index (χ4v) is 4.12. The highest BCUT2D eigenvalue weighted by molar-refractivity contribution is 9.11. The van der Waals surface area contributed by atoms with Crippen molar-refractivity contribution in [2.45, 2.75) is 4.83 Å². The lowest BCUT2D eigenvalue weighted by molar-refractivity contribution is 0.354. The van der Waals surface area contributed by atoms with Crippen LogP contribution in [0.5, 0.6) is 11.5 Å². The lowest BCUT2D eigenvalue weighted by atomic mass is 10.0. The Labute approximate surface area is 150 Å². The van der Waals surface area contributed by atoms with Gasteiger partial charge in [-0.25, -0.2) is 0 Å². The summed E-state index contributed by atoms with van der Waals surface area (Å²) in [5.41, 5.74) is 1.86. The first-order valence-electron chi connectivity index (χ1n) is 5.99. The number of halogens is 4. The van der Waals surface area contributed by atoms with Gasteiger partial charge in [-0.2, -0.15) is 0 Å². The van der Waals surface area contributed by atoms with Crippen molar-refractivity contribution < 1.29 is 9.47 Å². The molecule has 1 unspecified atom stereocenters. The van der Waals surface area contributed by atoms with Gasteiger partial charge < -0.3 is 9.47 Å². The summed E-state index contributed by atoms with van der Waals surface area (Å²) in [5, 5.41) is 1.05. The average Bonchev–Trinajstić information content (AvgIpc) is 2.49. The van der Waals surface area contributed by atoms with Gasteiger partial charge in [0.2, 0.25) is 0 Å². The van der Waals surface area contributed by atoms with E-state index in [0.29, 0.717) is 21.5 Å². The van der Waals surface area contributed by atoms with E-state index in [4.69, 9.17) is 32.7 Å². The number of ether oxygens (including phenoxy) is 2. The van der Waals surface area contributed by atoms with Crippen molar-refractivity contribution in [1.29, 1.82) is 0 Å². The molecule has 2 nitrogen and oxygen atoms in total. The maximum absolute atomic E-state index is 6.29. The molecule has 2 rings (SSSR count). The molecule has 6 heteroatoms. The summed E-state index contributed by atoms with van der Waals surface area (Å²) in [6, 6.07) is 9.32. The Morgan fingerprint density at radius 2 is 1.62 bits per heavy atom. The minimum atomic E-state index is -0.127. The van der Waals surface area contributed by atoms with Crippen molar-refractivity contribution in [3.05, 3.63) is 56.0 Å². The molecule has 0 aliphatic rings. The van der Waals surface area contributed by atoms with Gasteiger partial charge in [-0.1, -0.05) is 67.2 Å². The van der Waals surface area contributed by atoms with Gasteiger partial charge in [-0.3, -0.25) is 0 Å². The van der Waals surface area contributed by atoms with Gasteiger partial charge in [0, 0.05) is 4.47 Å². The van der Waals surface area contributed by atoms with Crippen LogP contribution in [0.4, 0.5) is 0 Å². The minimum Gasteiger partial charge on any atom is -0.493 e. The van der Waals surface area contributed by atoms with Gasteiger partial charge in [0.25, 0.3) is 0 Å². The van der Waals surface area contributed by atoms with E-state index in [9.17, 15) is 0 Å². The van der Waals surface area contributed by atoms with Gasteiger partial charge in [0.05, 0.1) is 29.1 Å². The van der Waals surface area contributed by atoms with Crippen LogP contribution < -0.4 is 9.47 Å². The first kappa shape index (κ1) is 16.9. The topological polar surface area (TPSA) is 18.5 Å². The Morgan fingerprint density at radius 1 is 1.00 bits per heavy atom. The highest BCUT2D eigenvalue weighted by Gasteiger charge is 2.20. The van der Waals surface area contributed by atoms with Crippen LogP contribution >= 0.6 is 55.1 Å². The van der Waals surface area contributed by atoms with E-state index in [-0.39, 0.29) is 4.83 Å². The smallest absolute Gasteiger partial charge is 0.161 e. The fraction of sp³-hybridized carbons (Fsp3) is 0.200. The number of methoxy groups -OCH3 is 2. The molecule has 0 aliphatic carbocycles. The lowest BCUT2D eigenvalue weighted by Crippen LogP contribution is -1.98. The van der Waals surface area contributed by atoms with Crippen LogP contribution in [0.25, 0.3) is 0 Å². The second-order valence-corrected chi connectivity index (χ2v) is 6.79. The predicted octanol–water partition coefficient (Wildman–Crippen LogP) is 6.26. The molecule has 2 aromatic rings. The van der Waals surface area contributed by atoms with Crippen LogP contribution in [-0.4, -0.2) is 14.2 Å². The number of rotatable bonds is 4. The quantitative estimate of drug-likeness (QED) is 0.508. The van der Waals surface area contributed by atoms with E-state index < -0.39 is 0 Å². The molecule has 0 heterocycles. The Morgan fingerprint density at radius 3 is 2.24 bits per heavy atom. The largest absolute Gasteiger partial charge is 0.493 e. The number of hydrogen-bond acceptors (Lipinski definition) is 2. The molecule has 0 amide bonds. The molecule has 112 valence electrons. The third kappa shape index (κ3) is 3.50. The molecule has 0 saturated heterocycles. The van der Waals surface area contributed by atoms with Crippen LogP contribution in [-0.2, 0) is 0 Å². The molecule has 0 radical (unpaired) electrons. The van der Waals surface area contributed by atoms with E-state index in [1.807, 2.05) is 24.3 Å². The SMILES string of the molecule is COc1cc(Br)c(C(Br)c2cccc(Cl)c2Cl)cc1OC. The summed E-state index contributed by atoms with van der Waals surface area (Å²) in [6.45, 7) is 0. The molecular formula is C15H12Br2Cl2O2. The van der Waals surface area contributed by atoms with Gasteiger partial charge in [0.15, 0.2) is 11.5 Å².